The van der Waals surface area contributed by atoms with E-state index in [-0.39, 0.29) is 0 Å². The third-order valence-corrected chi connectivity index (χ3v) is 1.88. The Bertz CT molecular complexity index is 271. The van der Waals surface area contributed by atoms with Crippen molar-refractivity contribution < 1.29 is 4.74 Å². The third-order valence-electron chi connectivity index (χ3n) is 1.88. The molecule has 0 heterocycles. The van der Waals surface area contributed by atoms with Crippen molar-refractivity contribution in [2.75, 3.05) is 27.2 Å². The molecule has 0 fully saturated rings. The summed E-state index contributed by atoms with van der Waals surface area (Å²) in [6.07, 6.45) is 1.03. The molecular weight excluding hydrogens is 174 g/mol. The van der Waals surface area contributed by atoms with Gasteiger partial charge in [-0.15, -0.1) is 0 Å². The van der Waals surface area contributed by atoms with Gasteiger partial charge in [0, 0.05) is 6.54 Å². The van der Waals surface area contributed by atoms with Crippen LogP contribution in [0.4, 0.5) is 0 Å². The first-order chi connectivity index (χ1) is 6.68. The zero-order valence-corrected chi connectivity index (χ0v) is 8.86. The van der Waals surface area contributed by atoms with Crippen LogP contribution in [0, 0.1) is 6.92 Å². The predicted octanol–water partition coefficient (Wildman–Crippen LogP) is 2.08. The Hall–Kier alpha value is -1.02. The highest BCUT2D eigenvalue weighted by atomic mass is 16.5. The van der Waals surface area contributed by atoms with E-state index in [1.807, 2.05) is 24.3 Å². The van der Waals surface area contributed by atoms with Crippen LogP contribution in [-0.2, 0) is 0 Å². The van der Waals surface area contributed by atoms with E-state index < -0.39 is 0 Å². The van der Waals surface area contributed by atoms with Crippen LogP contribution in [0.5, 0.6) is 5.75 Å². The van der Waals surface area contributed by atoms with Gasteiger partial charge in [-0.25, -0.2) is 0 Å². The lowest BCUT2D eigenvalue weighted by Crippen LogP contribution is -2.15. The van der Waals surface area contributed by atoms with Gasteiger partial charge in [-0.2, -0.15) is 0 Å². The van der Waals surface area contributed by atoms with Gasteiger partial charge in [0.25, 0.3) is 0 Å². The molecule has 0 N–H and O–H groups in total. The van der Waals surface area contributed by atoms with Gasteiger partial charge in [-0.05, 0) is 45.1 Å². The molecule has 0 aromatic heterocycles. The summed E-state index contributed by atoms with van der Waals surface area (Å²) in [6, 6.07) is 7.52. The lowest BCUT2D eigenvalue weighted by molar-refractivity contribution is 0.281. The van der Waals surface area contributed by atoms with E-state index in [4.69, 9.17) is 11.7 Å². The average Bonchev–Trinajstić information content (AvgIpc) is 2.12. The molecule has 0 unspecified atom stereocenters. The monoisotopic (exact) mass is 191 g/mol. The van der Waals surface area contributed by atoms with E-state index >= 15 is 0 Å². The molecule has 2 heteroatoms. The van der Waals surface area contributed by atoms with Gasteiger partial charge in [-0.3, -0.25) is 0 Å². The molecule has 1 rings (SSSR count). The van der Waals surface area contributed by atoms with Crippen molar-refractivity contribution in [1.29, 1.82) is 0 Å². The van der Waals surface area contributed by atoms with Crippen LogP contribution in [0.3, 0.4) is 0 Å². The Morgan fingerprint density at radius 3 is 2.79 bits per heavy atom. The van der Waals surface area contributed by atoms with Crippen molar-refractivity contribution in [2.24, 2.45) is 0 Å². The summed E-state index contributed by atoms with van der Waals surface area (Å²) in [7, 11) is 4.11. The van der Waals surface area contributed by atoms with E-state index in [1.54, 1.807) is 0 Å². The smallest absolute Gasteiger partial charge is 0.119 e. The minimum Gasteiger partial charge on any atom is -0.494 e. The number of benzene rings is 1. The van der Waals surface area contributed by atoms with Gasteiger partial charge in [0.1, 0.15) is 5.75 Å². The molecule has 2 nitrogen and oxygen atoms in total. The first kappa shape index (κ1) is 11.1. The largest absolute Gasteiger partial charge is 0.494 e. The minimum absolute atomic E-state index is 0.738. The highest BCUT2D eigenvalue weighted by Crippen LogP contribution is 2.12. The average molecular weight is 191 g/mol. The number of nitrogens with zero attached hydrogens (tertiary/aromatic N) is 1. The van der Waals surface area contributed by atoms with Crippen LogP contribution in [0.15, 0.2) is 24.3 Å². The molecule has 1 aromatic carbocycles. The molecule has 14 heavy (non-hydrogen) atoms. The first-order valence-electron chi connectivity index (χ1n) is 4.81. The highest BCUT2D eigenvalue weighted by Gasteiger charge is 1.94. The summed E-state index contributed by atoms with van der Waals surface area (Å²) in [5.74, 6) is 0.851. The first-order valence-corrected chi connectivity index (χ1v) is 4.81. The molecule has 0 aliphatic heterocycles. The maximum Gasteiger partial charge on any atom is 0.119 e. The van der Waals surface area contributed by atoms with Crippen molar-refractivity contribution in [2.45, 2.75) is 6.42 Å². The Labute approximate surface area is 86.5 Å². The molecule has 2 radical (unpaired) electrons. The van der Waals surface area contributed by atoms with Crippen molar-refractivity contribution in [3.8, 4) is 5.75 Å². The fraction of sp³-hybridized carbons (Fsp3) is 0.417. The fourth-order valence-corrected chi connectivity index (χ4v) is 1.18. The van der Waals surface area contributed by atoms with E-state index in [9.17, 15) is 0 Å². The van der Waals surface area contributed by atoms with E-state index in [0.717, 1.165) is 30.9 Å². The maximum atomic E-state index is 5.62. The van der Waals surface area contributed by atoms with Gasteiger partial charge in [0.05, 0.1) is 6.61 Å². The van der Waals surface area contributed by atoms with E-state index in [0.29, 0.717) is 0 Å². The second-order valence-corrected chi connectivity index (χ2v) is 3.58. The number of hydrogen-bond acceptors (Lipinski definition) is 2. The second-order valence-electron chi connectivity index (χ2n) is 3.58. The molecule has 0 bridgehead atoms. The minimum atomic E-state index is 0.738. The highest BCUT2D eigenvalue weighted by molar-refractivity contribution is 5.29. The van der Waals surface area contributed by atoms with Crippen LogP contribution in [0.2, 0.25) is 0 Å². The molecule has 0 saturated heterocycles. The molecule has 0 saturated carbocycles. The fourth-order valence-electron chi connectivity index (χ4n) is 1.18. The molecule has 0 aliphatic rings. The van der Waals surface area contributed by atoms with Gasteiger partial charge < -0.3 is 9.64 Å². The summed E-state index contributed by atoms with van der Waals surface area (Å²) in [4.78, 5) is 2.14. The Morgan fingerprint density at radius 1 is 1.36 bits per heavy atom. The Kier molecular flexibility index (Phi) is 4.47. The summed E-state index contributed by atoms with van der Waals surface area (Å²) in [5, 5.41) is 0. The Morgan fingerprint density at radius 2 is 2.14 bits per heavy atom. The van der Waals surface area contributed by atoms with Crippen molar-refractivity contribution >= 4 is 0 Å². The molecule has 1 aromatic rings. The summed E-state index contributed by atoms with van der Waals surface area (Å²) in [6.45, 7) is 7.40. The summed E-state index contributed by atoms with van der Waals surface area (Å²) >= 11 is 0. The molecule has 0 atom stereocenters. The van der Waals surface area contributed by atoms with Gasteiger partial charge in [0.15, 0.2) is 0 Å². The number of hydrogen-bond donors (Lipinski definition) is 0. The molecule has 76 valence electrons. The molecule has 0 spiro atoms. The lowest BCUT2D eigenvalue weighted by atomic mass is 10.2. The van der Waals surface area contributed by atoms with Crippen molar-refractivity contribution in [3.63, 3.8) is 0 Å². The van der Waals surface area contributed by atoms with Gasteiger partial charge >= 0.3 is 0 Å². The SMILES string of the molecule is [CH]c1cccc(OCCCN(C)C)c1. The quantitative estimate of drug-likeness (QED) is 0.661. The van der Waals surface area contributed by atoms with Crippen LogP contribution in [0.25, 0.3) is 0 Å². The van der Waals surface area contributed by atoms with Gasteiger partial charge in [0.2, 0.25) is 0 Å². The van der Waals surface area contributed by atoms with Crippen molar-refractivity contribution in [1.82, 2.24) is 4.90 Å². The van der Waals surface area contributed by atoms with Crippen LogP contribution in [-0.4, -0.2) is 32.1 Å². The zero-order valence-electron chi connectivity index (χ0n) is 8.86. The van der Waals surface area contributed by atoms with Gasteiger partial charge in [-0.1, -0.05) is 12.1 Å². The molecule has 0 aliphatic carbocycles. The number of ether oxygens (including phenoxy) is 1. The van der Waals surface area contributed by atoms with E-state index in [1.165, 1.54) is 0 Å². The molecule has 0 amide bonds. The second kappa shape index (κ2) is 5.66. The standard InChI is InChI=1S/C12H17NO/c1-11-6-4-7-12(10-11)14-9-5-8-13(2)3/h1,4,6-7,10H,5,8-9H2,2-3H3. The van der Waals surface area contributed by atoms with E-state index in [2.05, 4.69) is 19.0 Å². The topological polar surface area (TPSA) is 12.5 Å². The van der Waals surface area contributed by atoms with Crippen LogP contribution in [0.1, 0.15) is 12.0 Å². The summed E-state index contributed by atoms with van der Waals surface area (Å²) in [5.41, 5.74) is 0.745. The zero-order chi connectivity index (χ0) is 10.4. The Balaban J connectivity index is 2.25. The lowest BCUT2D eigenvalue weighted by Gasteiger charge is -2.10. The van der Waals surface area contributed by atoms with Crippen molar-refractivity contribution in [3.05, 3.63) is 36.8 Å². The third kappa shape index (κ3) is 4.28. The maximum absolute atomic E-state index is 5.62. The van der Waals surface area contributed by atoms with Crippen LogP contribution < -0.4 is 4.74 Å². The molecular formula is C12H17NO. The normalized spacial score (nSPS) is 10.6. The predicted molar refractivity (Wildman–Crippen MR) is 58.5 cm³/mol. The number of rotatable bonds is 5. The van der Waals surface area contributed by atoms with Crippen LogP contribution >= 0.6 is 0 Å². The summed E-state index contributed by atoms with van der Waals surface area (Å²) < 4.78 is 5.53.